The predicted octanol–water partition coefficient (Wildman–Crippen LogP) is 3.59. The maximum atomic E-state index is 4.45. The molecule has 100 valence electrons. The van der Waals surface area contributed by atoms with Crippen molar-refractivity contribution >= 4 is 5.95 Å². The number of aromatic nitrogens is 2. The molecule has 3 nitrogen and oxygen atoms in total. The number of nitrogens with zero attached hydrogens (tertiary/aromatic N) is 2. The van der Waals surface area contributed by atoms with Crippen LogP contribution < -0.4 is 5.32 Å². The zero-order valence-electron chi connectivity index (χ0n) is 11.5. The lowest BCUT2D eigenvalue weighted by atomic mass is 10.1. The summed E-state index contributed by atoms with van der Waals surface area (Å²) in [4.78, 5) is 4.45. The number of rotatable bonds is 4. The predicted molar refractivity (Wildman–Crippen MR) is 78.4 cm³/mol. The fraction of sp³-hybridized carbons (Fsp3) is 0.438. The van der Waals surface area contributed by atoms with Gasteiger partial charge in [-0.3, -0.25) is 0 Å². The van der Waals surface area contributed by atoms with Crippen molar-refractivity contribution in [1.29, 1.82) is 0 Å². The van der Waals surface area contributed by atoms with Gasteiger partial charge in [-0.2, -0.15) is 0 Å². The van der Waals surface area contributed by atoms with Crippen molar-refractivity contribution in [3.8, 4) is 0 Å². The van der Waals surface area contributed by atoms with E-state index in [2.05, 4.69) is 52.3 Å². The third-order valence-corrected chi connectivity index (χ3v) is 3.84. The minimum Gasteiger partial charge on any atom is -0.353 e. The van der Waals surface area contributed by atoms with E-state index in [0.29, 0.717) is 6.04 Å². The highest BCUT2D eigenvalue weighted by Crippen LogP contribution is 2.22. The summed E-state index contributed by atoms with van der Waals surface area (Å²) < 4.78 is 2.20. The Bertz CT molecular complexity index is 538. The molecule has 1 N–H and O–H groups in total. The molecule has 1 heterocycles. The van der Waals surface area contributed by atoms with Crippen LogP contribution in [0.3, 0.4) is 0 Å². The number of anilines is 1. The summed E-state index contributed by atoms with van der Waals surface area (Å²) in [6, 6.07) is 9.27. The second-order valence-electron chi connectivity index (χ2n) is 5.49. The van der Waals surface area contributed by atoms with Crippen molar-refractivity contribution < 1.29 is 0 Å². The number of benzene rings is 1. The summed E-state index contributed by atoms with van der Waals surface area (Å²) in [5, 5.41) is 3.58. The first-order valence-electron chi connectivity index (χ1n) is 7.14. The summed E-state index contributed by atoms with van der Waals surface area (Å²) in [6.07, 6.45) is 9.17. The fourth-order valence-electron chi connectivity index (χ4n) is 2.84. The van der Waals surface area contributed by atoms with Gasteiger partial charge in [0.25, 0.3) is 0 Å². The lowest BCUT2D eigenvalue weighted by molar-refractivity contribution is 0.716. The standard InChI is InChI=1S/C16H21N3/c1-13-5-4-6-14(11-13)12-19-10-9-17-16(19)18-15-7-2-3-8-15/h4-6,9-11,15H,2-3,7-8,12H2,1H3,(H,17,18). The molecule has 0 spiro atoms. The van der Waals surface area contributed by atoms with Crippen LogP contribution in [0.1, 0.15) is 36.8 Å². The van der Waals surface area contributed by atoms with Crippen molar-refractivity contribution in [1.82, 2.24) is 9.55 Å². The Hall–Kier alpha value is -1.77. The molecule has 0 radical (unpaired) electrons. The molecular weight excluding hydrogens is 234 g/mol. The first-order valence-corrected chi connectivity index (χ1v) is 7.14. The van der Waals surface area contributed by atoms with E-state index in [1.54, 1.807) is 0 Å². The summed E-state index contributed by atoms with van der Waals surface area (Å²) in [5.74, 6) is 1.01. The smallest absolute Gasteiger partial charge is 0.203 e. The van der Waals surface area contributed by atoms with E-state index in [1.165, 1.54) is 36.8 Å². The topological polar surface area (TPSA) is 29.9 Å². The van der Waals surface area contributed by atoms with E-state index in [-0.39, 0.29) is 0 Å². The summed E-state index contributed by atoms with van der Waals surface area (Å²) in [7, 11) is 0. The summed E-state index contributed by atoms with van der Waals surface area (Å²) in [6.45, 7) is 3.02. The Labute approximate surface area is 114 Å². The van der Waals surface area contributed by atoms with Gasteiger partial charge < -0.3 is 9.88 Å². The van der Waals surface area contributed by atoms with Crippen LogP contribution in [0, 0.1) is 6.92 Å². The molecule has 0 aliphatic heterocycles. The van der Waals surface area contributed by atoms with Crippen LogP contribution in [0.2, 0.25) is 0 Å². The number of imidazole rings is 1. The van der Waals surface area contributed by atoms with Crippen LogP contribution in [-0.4, -0.2) is 15.6 Å². The van der Waals surface area contributed by atoms with Crippen LogP contribution in [0.4, 0.5) is 5.95 Å². The number of aryl methyl sites for hydroxylation is 1. The third-order valence-electron chi connectivity index (χ3n) is 3.84. The lowest BCUT2D eigenvalue weighted by Gasteiger charge is -2.15. The Morgan fingerprint density at radius 3 is 2.95 bits per heavy atom. The van der Waals surface area contributed by atoms with Gasteiger partial charge in [0.05, 0.1) is 6.54 Å². The molecule has 0 amide bonds. The molecular formula is C16H21N3. The van der Waals surface area contributed by atoms with Gasteiger partial charge >= 0.3 is 0 Å². The van der Waals surface area contributed by atoms with Gasteiger partial charge in [-0.15, -0.1) is 0 Å². The molecule has 3 rings (SSSR count). The zero-order chi connectivity index (χ0) is 13.1. The molecule has 1 aromatic carbocycles. The van der Waals surface area contributed by atoms with Gasteiger partial charge in [-0.05, 0) is 25.3 Å². The van der Waals surface area contributed by atoms with Gasteiger partial charge in [-0.25, -0.2) is 4.98 Å². The number of hydrogen-bond acceptors (Lipinski definition) is 2. The number of hydrogen-bond donors (Lipinski definition) is 1. The second kappa shape index (κ2) is 5.47. The van der Waals surface area contributed by atoms with Gasteiger partial charge in [0.15, 0.2) is 0 Å². The van der Waals surface area contributed by atoms with Crippen LogP contribution in [0.5, 0.6) is 0 Å². The minimum absolute atomic E-state index is 0.610. The average molecular weight is 255 g/mol. The van der Waals surface area contributed by atoms with Gasteiger partial charge in [-0.1, -0.05) is 42.7 Å². The molecule has 3 heteroatoms. The average Bonchev–Trinajstić information content (AvgIpc) is 3.03. The molecule has 0 unspecified atom stereocenters. The fourth-order valence-corrected chi connectivity index (χ4v) is 2.84. The SMILES string of the molecule is Cc1cccc(Cn2ccnc2NC2CCCC2)c1. The van der Waals surface area contributed by atoms with Gasteiger partial charge in [0.1, 0.15) is 0 Å². The second-order valence-corrected chi connectivity index (χ2v) is 5.49. The molecule has 1 aliphatic carbocycles. The van der Waals surface area contributed by atoms with Crippen molar-refractivity contribution in [2.45, 2.75) is 45.2 Å². The highest BCUT2D eigenvalue weighted by molar-refractivity contribution is 5.30. The first-order chi connectivity index (χ1) is 9.31. The first kappa shape index (κ1) is 12.3. The van der Waals surface area contributed by atoms with E-state index < -0.39 is 0 Å². The molecule has 0 saturated heterocycles. The molecule has 1 aromatic heterocycles. The van der Waals surface area contributed by atoms with E-state index in [9.17, 15) is 0 Å². The van der Waals surface area contributed by atoms with Gasteiger partial charge in [0, 0.05) is 18.4 Å². The van der Waals surface area contributed by atoms with Crippen LogP contribution in [0.25, 0.3) is 0 Å². The quantitative estimate of drug-likeness (QED) is 0.904. The molecule has 2 aromatic rings. The maximum Gasteiger partial charge on any atom is 0.203 e. The van der Waals surface area contributed by atoms with E-state index in [0.717, 1.165) is 12.5 Å². The van der Waals surface area contributed by atoms with E-state index >= 15 is 0 Å². The molecule has 0 bridgehead atoms. The molecule has 1 aliphatic rings. The Balaban J connectivity index is 1.72. The number of nitrogens with one attached hydrogen (secondary N) is 1. The van der Waals surface area contributed by atoms with Crippen molar-refractivity contribution in [2.75, 3.05) is 5.32 Å². The summed E-state index contributed by atoms with van der Waals surface area (Å²) in [5.41, 5.74) is 2.63. The molecule has 19 heavy (non-hydrogen) atoms. The van der Waals surface area contributed by atoms with Crippen molar-refractivity contribution in [3.05, 3.63) is 47.8 Å². The molecule has 1 saturated carbocycles. The van der Waals surface area contributed by atoms with Crippen molar-refractivity contribution in [2.24, 2.45) is 0 Å². The normalized spacial score (nSPS) is 15.8. The monoisotopic (exact) mass is 255 g/mol. The third kappa shape index (κ3) is 2.98. The van der Waals surface area contributed by atoms with E-state index in [4.69, 9.17) is 0 Å². The van der Waals surface area contributed by atoms with Crippen LogP contribution in [0.15, 0.2) is 36.7 Å². The highest BCUT2D eigenvalue weighted by Gasteiger charge is 2.16. The maximum absolute atomic E-state index is 4.45. The minimum atomic E-state index is 0.610. The largest absolute Gasteiger partial charge is 0.353 e. The van der Waals surface area contributed by atoms with Crippen LogP contribution >= 0.6 is 0 Å². The molecule has 1 fully saturated rings. The Kier molecular flexibility index (Phi) is 3.53. The molecule has 0 atom stereocenters. The van der Waals surface area contributed by atoms with E-state index in [1.807, 2.05) is 6.20 Å². The summed E-state index contributed by atoms with van der Waals surface area (Å²) >= 11 is 0. The zero-order valence-corrected chi connectivity index (χ0v) is 11.5. The highest BCUT2D eigenvalue weighted by atomic mass is 15.2. The van der Waals surface area contributed by atoms with Gasteiger partial charge in [0.2, 0.25) is 5.95 Å². The lowest BCUT2D eigenvalue weighted by Crippen LogP contribution is -2.18. The Morgan fingerprint density at radius 2 is 2.16 bits per heavy atom. The van der Waals surface area contributed by atoms with Crippen LogP contribution in [-0.2, 0) is 6.54 Å². The Morgan fingerprint density at radius 1 is 1.32 bits per heavy atom. The van der Waals surface area contributed by atoms with Crippen molar-refractivity contribution in [3.63, 3.8) is 0 Å².